The van der Waals surface area contributed by atoms with Gasteiger partial charge in [0.25, 0.3) is 0 Å². The maximum atomic E-state index is 6.08. The lowest BCUT2D eigenvalue weighted by Gasteiger charge is -2.27. The first-order chi connectivity index (χ1) is 10.9. The van der Waals surface area contributed by atoms with Gasteiger partial charge in [0.2, 0.25) is 0 Å². The predicted molar refractivity (Wildman–Crippen MR) is 87.2 cm³/mol. The molecule has 4 rings (SSSR count). The fourth-order valence-electron chi connectivity index (χ4n) is 2.71. The van der Waals surface area contributed by atoms with Crippen LogP contribution in [0.5, 0.6) is 11.5 Å². The highest BCUT2D eigenvalue weighted by atomic mass is 16.6. The molecule has 3 aromatic rings. The molecule has 1 unspecified atom stereocenters. The molecule has 0 aromatic heterocycles. The lowest BCUT2D eigenvalue weighted by Crippen LogP contribution is -2.21. The van der Waals surface area contributed by atoms with E-state index in [0.717, 1.165) is 22.6 Å². The summed E-state index contributed by atoms with van der Waals surface area (Å²) in [6.07, 6.45) is -0.0451. The summed E-state index contributed by atoms with van der Waals surface area (Å²) in [6.45, 7) is 0.537. The predicted octanol–water partition coefficient (Wildman–Crippen LogP) is 4.87. The van der Waals surface area contributed by atoms with Gasteiger partial charge in [-0.1, -0.05) is 66.7 Å². The van der Waals surface area contributed by atoms with Gasteiger partial charge in [-0.3, -0.25) is 0 Å². The Hall–Kier alpha value is -2.74. The van der Waals surface area contributed by atoms with E-state index in [1.807, 2.05) is 48.5 Å². The van der Waals surface area contributed by atoms with Crippen LogP contribution in [-0.4, -0.2) is 6.61 Å². The van der Waals surface area contributed by atoms with E-state index in [1.54, 1.807) is 0 Å². The van der Waals surface area contributed by atoms with Gasteiger partial charge in [0.1, 0.15) is 6.61 Å². The minimum absolute atomic E-state index is 0.0451. The fourth-order valence-corrected chi connectivity index (χ4v) is 2.71. The van der Waals surface area contributed by atoms with Gasteiger partial charge >= 0.3 is 0 Å². The van der Waals surface area contributed by atoms with Crippen molar-refractivity contribution >= 4 is 0 Å². The first-order valence-electron chi connectivity index (χ1n) is 7.44. The lowest BCUT2D eigenvalue weighted by molar-refractivity contribution is 0.0914. The Kier molecular flexibility index (Phi) is 3.28. The summed E-state index contributed by atoms with van der Waals surface area (Å²) in [4.78, 5) is 0. The smallest absolute Gasteiger partial charge is 0.162 e. The zero-order chi connectivity index (χ0) is 14.8. The highest BCUT2D eigenvalue weighted by Gasteiger charge is 2.22. The van der Waals surface area contributed by atoms with Crippen LogP contribution >= 0.6 is 0 Å². The first-order valence-corrected chi connectivity index (χ1v) is 7.44. The Morgan fingerprint density at radius 2 is 1.41 bits per heavy atom. The number of rotatable bonds is 2. The summed E-state index contributed by atoms with van der Waals surface area (Å²) in [5.74, 6) is 1.62. The third kappa shape index (κ3) is 2.44. The molecule has 1 aliphatic heterocycles. The summed E-state index contributed by atoms with van der Waals surface area (Å²) in [6, 6.07) is 26.6. The van der Waals surface area contributed by atoms with Gasteiger partial charge in [-0.25, -0.2) is 0 Å². The van der Waals surface area contributed by atoms with Crippen molar-refractivity contribution in [1.82, 2.24) is 0 Å². The van der Waals surface area contributed by atoms with Gasteiger partial charge in [0.15, 0.2) is 17.6 Å². The zero-order valence-electron chi connectivity index (χ0n) is 12.1. The first kappa shape index (κ1) is 13.0. The number of hydrogen-bond acceptors (Lipinski definition) is 2. The Bertz CT molecular complexity index is 766. The second-order valence-electron chi connectivity index (χ2n) is 5.36. The van der Waals surface area contributed by atoms with Crippen LogP contribution in [0.2, 0.25) is 0 Å². The van der Waals surface area contributed by atoms with Gasteiger partial charge in [-0.15, -0.1) is 0 Å². The van der Waals surface area contributed by atoms with Crippen LogP contribution < -0.4 is 9.47 Å². The maximum Gasteiger partial charge on any atom is 0.162 e. The van der Waals surface area contributed by atoms with E-state index >= 15 is 0 Å². The van der Waals surface area contributed by atoms with Gasteiger partial charge in [-0.05, 0) is 28.8 Å². The molecule has 3 aromatic carbocycles. The molecule has 1 heterocycles. The van der Waals surface area contributed by atoms with Crippen LogP contribution in [0, 0.1) is 0 Å². The molecule has 0 spiro atoms. The Morgan fingerprint density at radius 1 is 0.682 bits per heavy atom. The molecule has 0 saturated heterocycles. The molecule has 2 nitrogen and oxygen atoms in total. The fraction of sp³-hybridized carbons (Fsp3) is 0.100. The minimum Gasteiger partial charge on any atom is -0.485 e. The number of ether oxygens (including phenoxy) is 2. The monoisotopic (exact) mass is 288 g/mol. The number of fused-ring (bicyclic) bond motifs is 1. The maximum absolute atomic E-state index is 6.08. The summed E-state index contributed by atoms with van der Waals surface area (Å²) in [7, 11) is 0. The second kappa shape index (κ2) is 5.57. The molecular weight excluding hydrogens is 272 g/mol. The Morgan fingerprint density at radius 3 is 2.18 bits per heavy atom. The standard InChI is InChI=1S/C20H16O2/c1-3-7-15(8-4-1)17-11-12-18-19(13-17)21-14-20(22-18)16-9-5-2-6-10-16/h1-13,20H,14H2. The van der Waals surface area contributed by atoms with Crippen LogP contribution in [0.3, 0.4) is 0 Å². The molecule has 108 valence electrons. The van der Waals surface area contributed by atoms with Crippen molar-refractivity contribution in [3.8, 4) is 22.6 Å². The Balaban J connectivity index is 1.62. The van der Waals surface area contributed by atoms with Crippen LogP contribution in [0.4, 0.5) is 0 Å². The Labute approximate surface area is 129 Å². The molecule has 0 saturated carbocycles. The molecule has 0 amide bonds. The normalized spacial score (nSPS) is 16.3. The van der Waals surface area contributed by atoms with Crippen molar-refractivity contribution in [3.05, 3.63) is 84.4 Å². The third-order valence-corrected chi connectivity index (χ3v) is 3.88. The molecule has 0 N–H and O–H groups in total. The molecule has 0 fully saturated rings. The summed E-state index contributed by atoms with van der Waals surface area (Å²) in [5.41, 5.74) is 3.46. The molecule has 0 bridgehead atoms. The van der Waals surface area contributed by atoms with E-state index in [0.29, 0.717) is 6.61 Å². The van der Waals surface area contributed by atoms with Gasteiger partial charge in [0, 0.05) is 0 Å². The van der Waals surface area contributed by atoms with Crippen LogP contribution in [-0.2, 0) is 0 Å². The largest absolute Gasteiger partial charge is 0.485 e. The van der Waals surface area contributed by atoms with Crippen molar-refractivity contribution in [2.45, 2.75) is 6.10 Å². The van der Waals surface area contributed by atoms with E-state index in [1.165, 1.54) is 5.56 Å². The third-order valence-electron chi connectivity index (χ3n) is 3.88. The van der Waals surface area contributed by atoms with Gasteiger partial charge < -0.3 is 9.47 Å². The van der Waals surface area contributed by atoms with E-state index in [-0.39, 0.29) is 6.10 Å². The molecule has 0 aliphatic carbocycles. The topological polar surface area (TPSA) is 18.5 Å². The summed E-state index contributed by atoms with van der Waals surface area (Å²) >= 11 is 0. The average Bonchev–Trinajstić information content (AvgIpc) is 2.62. The van der Waals surface area contributed by atoms with E-state index in [2.05, 4.69) is 30.3 Å². The second-order valence-corrected chi connectivity index (χ2v) is 5.36. The van der Waals surface area contributed by atoms with E-state index in [9.17, 15) is 0 Å². The van der Waals surface area contributed by atoms with Crippen molar-refractivity contribution in [2.75, 3.05) is 6.61 Å². The van der Waals surface area contributed by atoms with Crippen molar-refractivity contribution in [2.24, 2.45) is 0 Å². The number of benzene rings is 3. The van der Waals surface area contributed by atoms with Crippen LogP contribution in [0.15, 0.2) is 78.9 Å². The molecule has 2 heteroatoms. The van der Waals surface area contributed by atoms with Crippen LogP contribution in [0.25, 0.3) is 11.1 Å². The van der Waals surface area contributed by atoms with Crippen molar-refractivity contribution < 1.29 is 9.47 Å². The van der Waals surface area contributed by atoms with E-state index < -0.39 is 0 Å². The molecule has 22 heavy (non-hydrogen) atoms. The van der Waals surface area contributed by atoms with Gasteiger partial charge in [0.05, 0.1) is 0 Å². The molecule has 0 radical (unpaired) electrons. The minimum atomic E-state index is -0.0451. The lowest BCUT2D eigenvalue weighted by atomic mass is 10.0. The molecular formula is C20H16O2. The SMILES string of the molecule is c1ccc(-c2ccc3c(c2)OCC(c2ccccc2)O3)cc1. The molecule has 1 atom stereocenters. The molecule has 1 aliphatic rings. The van der Waals surface area contributed by atoms with Crippen molar-refractivity contribution in [1.29, 1.82) is 0 Å². The zero-order valence-corrected chi connectivity index (χ0v) is 12.1. The summed E-state index contributed by atoms with van der Waals surface area (Å²) in [5, 5.41) is 0. The van der Waals surface area contributed by atoms with Gasteiger partial charge in [-0.2, -0.15) is 0 Å². The summed E-state index contributed by atoms with van der Waals surface area (Å²) < 4.78 is 12.0. The number of hydrogen-bond donors (Lipinski definition) is 0. The van der Waals surface area contributed by atoms with Crippen LogP contribution in [0.1, 0.15) is 11.7 Å². The average molecular weight is 288 g/mol. The quantitative estimate of drug-likeness (QED) is 0.670. The highest BCUT2D eigenvalue weighted by molar-refractivity contribution is 5.67. The van der Waals surface area contributed by atoms with Crippen molar-refractivity contribution in [3.63, 3.8) is 0 Å². The highest BCUT2D eigenvalue weighted by Crippen LogP contribution is 2.38. The van der Waals surface area contributed by atoms with E-state index in [4.69, 9.17) is 9.47 Å².